The lowest BCUT2D eigenvalue weighted by Crippen LogP contribution is -2.40. The summed E-state index contributed by atoms with van der Waals surface area (Å²) in [6.45, 7) is 2.64. The molecular weight excluding hydrogens is 335 g/mol. The normalized spacial score (nSPS) is 12.4. The minimum Gasteiger partial charge on any atom is -0.348 e. The maximum absolute atomic E-state index is 11.8. The van der Waals surface area contributed by atoms with Gasteiger partial charge in [-0.25, -0.2) is 0 Å². The van der Waals surface area contributed by atoms with Crippen LogP contribution in [0.2, 0.25) is 0 Å². The van der Waals surface area contributed by atoms with Gasteiger partial charge in [0.2, 0.25) is 0 Å². The van der Waals surface area contributed by atoms with Crippen molar-refractivity contribution in [3.8, 4) is 0 Å². The molecule has 0 saturated heterocycles. The Balaban J connectivity index is 2.48. The number of nitrogens with one attached hydrogen (secondary N) is 1. The molecule has 1 aromatic rings. The smallest absolute Gasteiger partial charge is 0.252 e. The van der Waals surface area contributed by atoms with Crippen LogP contribution in [0.15, 0.2) is 11.4 Å². The highest BCUT2D eigenvalue weighted by atomic mass is 127. The van der Waals surface area contributed by atoms with E-state index in [9.17, 15) is 4.79 Å². The molecule has 16 heavy (non-hydrogen) atoms. The van der Waals surface area contributed by atoms with E-state index in [0.717, 1.165) is 27.7 Å². The second kappa shape index (κ2) is 7.24. The molecule has 0 bridgehead atoms. The van der Waals surface area contributed by atoms with Crippen molar-refractivity contribution in [2.75, 3.05) is 6.54 Å². The molecule has 0 aliphatic heterocycles. The Bertz CT molecular complexity index is 340. The largest absolute Gasteiger partial charge is 0.348 e. The van der Waals surface area contributed by atoms with Gasteiger partial charge in [-0.1, -0.05) is 19.8 Å². The summed E-state index contributed by atoms with van der Waals surface area (Å²) in [5.41, 5.74) is 6.37. The molecule has 1 amide bonds. The maximum Gasteiger partial charge on any atom is 0.252 e. The Hall–Kier alpha value is -0.140. The summed E-state index contributed by atoms with van der Waals surface area (Å²) in [7, 11) is 0. The molecule has 0 aromatic carbocycles. The predicted octanol–water partition coefficient (Wildman–Crippen LogP) is 2.60. The molecule has 1 atom stereocenters. The molecule has 1 unspecified atom stereocenters. The van der Waals surface area contributed by atoms with Gasteiger partial charge < -0.3 is 11.1 Å². The molecular formula is C11H17IN2OS. The van der Waals surface area contributed by atoms with Crippen LogP contribution in [0.25, 0.3) is 0 Å². The number of thiophene rings is 1. The van der Waals surface area contributed by atoms with Gasteiger partial charge in [-0.2, -0.15) is 0 Å². The number of hydrogen-bond acceptors (Lipinski definition) is 3. The van der Waals surface area contributed by atoms with Gasteiger partial charge in [0.15, 0.2) is 0 Å². The molecule has 1 aromatic heterocycles. The quantitative estimate of drug-likeness (QED) is 0.774. The van der Waals surface area contributed by atoms with Gasteiger partial charge in [-0.15, -0.1) is 11.3 Å². The highest BCUT2D eigenvalue weighted by Crippen LogP contribution is 2.16. The Morgan fingerprint density at radius 3 is 2.94 bits per heavy atom. The number of hydrogen-bond donors (Lipinski definition) is 2. The maximum atomic E-state index is 11.8. The van der Waals surface area contributed by atoms with Crippen LogP contribution in [0.3, 0.4) is 0 Å². The number of nitrogens with two attached hydrogens (primary N) is 1. The van der Waals surface area contributed by atoms with E-state index in [2.05, 4.69) is 34.8 Å². The van der Waals surface area contributed by atoms with Gasteiger partial charge in [0.05, 0.1) is 8.45 Å². The zero-order valence-corrected chi connectivity index (χ0v) is 12.3. The van der Waals surface area contributed by atoms with Crippen LogP contribution in [-0.2, 0) is 0 Å². The average Bonchev–Trinajstić information content (AvgIpc) is 2.70. The van der Waals surface area contributed by atoms with E-state index >= 15 is 0 Å². The molecule has 0 fully saturated rings. The Morgan fingerprint density at radius 1 is 1.69 bits per heavy atom. The third kappa shape index (κ3) is 4.39. The first-order valence-electron chi connectivity index (χ1n) is 5.42. The molecule has 0 spiro atoms. The van der Waals surface area contributed by atoms with Crippen LogP contribution in [0.1, 0.15) is 36.5 Å². The number of halogens is 1. The lowest BCUT2D eigenvalue weighted by molar-refractivity contribution is 0.0936. The molecule has 5 heteroatoms. The number of carbonyl (C=O) groups excluding carboxylic acids is 1. The van der Waals surface area contributed by atoms with Crippen molar-refractivity contribution < 1.29 is 4.79 Å². The van der Waals surface area contributed by atoms with Gasteiger partial charge in [0.25, 0.3) is 5.91 Å². The minimum atomic E-state index is -0.00859. The number of rotatable bonds is 6. The zero-order valence-electron chi connectivity index (χ0n) is 9.33. The SMILES string of the molecule is CCCCC(CN)NC(=O)c1csc(I)c1. The van der Waals surface area contributed by atoms with Crippen LogP contribution < -0.4 is 11.1 Å². The van der Waals surface area contributed by atoms with E-state index in [1.807, 2.05) is 11.4 Å². The summed E-state index contributed by atoms with van der Waals surface area (Å²) in [5.74, 6) is -0.00859. The Kier molecular flexibility index (Phi) is 6.30. The van der Waals surface area contributed by atoms with Crippen LogP contribution in [0, 0.1) is 2.88 Å². The summed E-state index contributed by atoms with van der Waals surface area (Å²) in [5, 5.41) is 4.85. The highest BCUT2D eigenvalue weighted by molar-refractivity contribution is 14.1. The predicted molar refractivity (Wildman–Crippen MR) is 76.9 cm³/mol. The van der Waals surface area contributed by atoms with E-state index in [0.29, 0.717) is 6.54 Å². The molecule has 0 aliphatic carbocycles. The Morgan fingerprint density at radius 2 is 2.44 bits per heavy atom. The van der Waals surface area contributed by atoms with E-state index in [1.54, 1.807) is 11.3 Å². The summed E-state index contributed by atoms with van der Waals surface area (Å²) in [6.07, 6.45) is 3.19. The van der Waals surface area contributed by atoms with Gasteiger partial charge in [-0.05, 0) is 35.1 Å². The van der Waals surface area contributed by atoms with Crippen molar-refractivity contribution in [1.29, 1.82) is 0 Å². The first-order chi connectivity index (χ1) is 7.67. The van der Waals surface area contributed by atoms with Crippen LogP contribution in [-0.4, -0.2) is 18.5 Å². The third-order valence-corrected chi connectivity index (χ3v) is 4.14. The first-order valence-corrected chi connectivity index (χ1v) is 7.38. The van der Waals surface area contributed by atoms with E-state index < -0.39 is 0 Å². The minimum absolute atomic E-state index is 0.00859. The van der Waals surface area contributed by atoms with Crippen LogP contribution >= 0.6 is 33.9 Å². The highest BCUT2D eigenvalue weighted by Gasteiger charge is 2.12. The monoisotopic (exact) mass is 352 g/mol. The zero-order chi connectivity index (χ0) is 12.0. The fourth-order valence-electron chi connectivity index (χ4n) is 1.40. The summed E-state index contributed by atoms with van der Waals surface area (Å²) in [6, 6.07) is 2.00. The lowest BCUT2D eigenvalue weighted by Gasteiger charge is -2.15. The van der Waals surface area contributed by atoms with E-state index in [1.165, 1.54) is 0 Å². The number of unbranched alkanes of at least 4 members (excludes halogenated alkanes) is 1. The third-order valence-electron chi connectivity index (χ3n) is 2.36. The lowest BCUT2D eigenvalue weighted by atomic mass is 10.1. The molecule has 3 nitrogen and oxygen atoms in total. The molecule has 1 rings (SSSR count). The van der Waals surface area contributed by atoms with Crippen LogP contribution in [0.4, 0.5) is 0 Å². The average molecular weight is 352 g/mol. The second-order valence-electron chi connectivity index (χ2n) is 3.69. The molecule has 0 aliphatic rings. The van der Waals surface area contributed by atoms with Crippen molar-refractivity contribution in [3.05, 3.63) is 19.9 Å². The van der Waals surface area contributed by atoms with Gasteiger partial charge in [0, 0.05) is 18.0 Å². The van der Waals surface area contributed by atoms with E-state index in [-0.39, 0.29) is 11.9 Å². The fraction of sp³-hybridized carbons (Fsp3) is 0.545. The molecule has 1 heterocycles. The van der Waals surface area contributed by atoms with Crippen molar-refractivity contribution in [1.82, 2.24) is 5.32 Å². The molecule has 0 radical (unpaired) electrons. The van der Waals surface area contributed by atoms with Crippen molar-refractivity contribution in [3.63, 3.8) is 0 Å². The Labute approximate surface area is 114 Å². The first kappa shape index (κ1) is 13.9. The van der Waals surface area contributed by atoms with E-state index in [4.69, 9.17) is 5.73 Å². The van der Waals surface area contributed by atoms with Crippen molar-refractivity contribution in [2.24, 2.45) is 5.73 Å². The molecule has 3 N–H and O–H groups in total. The van der Waals surface area contributed by atoms with Gasteiger partial charge in [-0.3, -0.25) is 4.79 Å². The summed E-state index contributed by atoms with van der Waals surface area (Å²) < 4.78 is 1.13. The summed E-state index contributed by atoms with van der Waals surface area (Å²) in [4.78, 5) is 11.8. The number of amides is 1. The second-order valence-corrected chi connectivity index (χ2v) is 6.49. The number of carbonyl (C=O) groups is 1. The molecule has 90 valence electrons. The fourth-order valence-corrected chi connectivity index (χ4v) is 2.72. The topological polar surface area (TPSA) is 55.1 Å². The summed E-state index contributed by atoms with van der Waals surface area (Å²) >= 11 is 3.79. The van der Waals surface area contributed by atoms with Gasteiger partial charge >= 0.3 is 0 Å². The van der Waals surface area contributed by atoms with Crippen molar-refractivity contribution >= 4 is 39.8 Å². The standard InChI is InChI=1S/C11H17IN2OS/c1-2-3-4-9(6-13)14-11(15)8-5-10(12)16-7-8/h5,7,9H,2-4,6,13H2,1H3,(H,14,15). The van der Waals surface area contributed by atoms with Crippen LogP contribution in [0.5, 0.6) is 0 Å². The molecule has 0 saturated carbocycles. The van der Waals surface area contributed by atoms with Gasteiger partial charge in [0.1, 0.15) is 0 Å². The van der Waals surface area contributed by atoms with Crippen molar-refractivity contribution in [2.45, 2.75) is 32.2 Å².